The molecule has 1 saturated heterocycles. The Balaban J connectivity index is 1.73. The molecule has 2 fully saturated rings. The van der Waals surface area contributed by atoms with Gasteiger partial charge in [0, 0.05) is 19.5 Å². The van der Waals surface area contributed by atoms with Crippen molar-refractivity contribution in [2.75, 3.05) is 33.4 Å². The summed E-state index contributed by atoms with van der Waals surface area (Å²) >= 11 is 0. The molecule has 3 N–H and O–H groups in total. The number of methoxy groups -OCH3 is 1. The molecule has 0 unspecified atom stereocenters. The number of carbonyl (C=O) groups is 5. The van der Waals surface area contributed by atoms with Crippen molar-refractivity contribution in [3.63, 3.8) is 0 Å². The van der Waals surface area contributed by atoms with Crippen LogP contribution in [0.5, 0.6) is 0 Å². The first kappa shape index (κ1) is 31.1. The van der Waals surface area contributed by atoms with Crippen molar-refractivity contribution in [2.45, 2.75) is 82.3 Å². The lowest BCUT2D eigenvalue weighted by molar-refractivity contribution is -0.147. The van der Waals surface area contributed by atoms with E-state index < -0.39 is 41.2 Å². The lowest BCUT2D eigenvalue weighted by atomic mass is 9.80. The number of hydrogen-bond donors (Lipinski definition) is 3. The molecule has 0 radical (unpaired) electrons. The number of esters is 1. The Kier molecular flexibility index (Phi) is 11.9. The zero-order valence-electron chi connectivity index (χ0n) is 23.5. The van der Waals surface area contributed by atoms with Crippen molar-refractivity contribution in [3.05, 3.63) is 35.9 Å². The summed E-state index contributed by atoms with van der Waals surface area (Å²) in [5.74, 6) is -2.95. The van der Waals surface area contributed by atoms with Crippen molar-refractivity contribution < 1.29 is 33.4 Å². The number of benzene rings is 1. The number of urea groups is 1. The van der Waals surface area contributed by atoms with Gasteiger partial charge in [-0.3, -0.25) is 14.4 Å². The molecule has 0 spiro atoms. The highest BCUT2D eigenvalue weighted by Crippen LogP contribution is 2.29. The fraction of sp³-hybridized carbons (Fsp3) is 0.621. The second-order valence-corrected chi connectivity index (χ2v) is 10.4. The molecule has 0 bridgehead atoms. The highest BCUT2D eigenvalue weighted by Gasteiger charge is 2.43. The minimum absolute atomic E-state index is 0.148. The van der Waals surface area contributed by atoms with Gasteiger partial charge in [-0.1, -0.05) is 69.4 Å². The molecule has 2 atom stereocenters. The lowest BCUT2D eigenvalue weighted by Crippen LogP contribution is -2.65. The molecule has 1 saturated carbocycles. The molecule has 3 rings (SSSR count). The first-order chi connectivity index (χ1) is 19.3. The molecule has 1 heterocycles. The minimum Gasteiger partial charge on any atom is -0.467 e. The normalized spacial score (nSPS) is 18.1. The maximum atomic E-state index is 13.7. The summed E-state index contributed by atoms with van der Waals surface area (Å²) in [7, 11) is 1.22. The van der Waals surface area contributed by atoms with Crippen LogP contribution in [-0.4, -0.2) is 85.5 Å². The fourth-order valence-electron chi connectivity index (χ4n) is 5.16. The number of nitrogens with one attached hydrogen (secondary N) is 3. The Hall–Kier alpha value is -3.47. The van der Waals surface area contributed by atoms with Crippen molar-refractivity contribution in [2.24, 2.45) is 0 Å². The third-order valence-electron chi connectivity index (χ3n) is 7.55. The van der Waals surface area contributed by atoms with Gasteiger partial charge in [0.05, 0.1) is 26.4 Å². The summed E-state index contributed by atoms with van der Waals surface area (Å²) in [6, 6.07) is 6.58. The monoisotopic (exact) mass is 558 g/mol. The summed E-state index contributed by atoms with van der Waals surface area (Å²) in [5.41, 5.74) is -0.381. The van der Waals surface area contributed by atoms with E-state index in [1.165, 1.54) is 7.11 Å². The Morgan fingerprint density at radius 1 is 0.975 bits per heavy atom. The van der Waals surface area contributed by atoms with Gasteiger partial charge >= 0.3 is 12.0 Å². The number of Topliss-reactive ketones (excluding diaryl/α,β-unsaturated/α-hetero) is 1. The average molecular weight is 559 g/mol. The molecule has 0 aromatic heterocycles. The lowest BCUT2D eigenvalue weighted by Gasteiger charge is -2.39. The summed E-state index contributed by atoms with van der Waals surface area (Å²) in [6.07, 6.45) is 5.09. The molecule has 220 valence electrons. The zero-order chi connectivity index (χ0) is 29.0. The standard InChI is InChI=1S/C29H42N4O7/c1-3-4-13-22(24(34)25(35)30-23(26(36)39-2)20-21-11-7-5-8-12-21)31-27(37)29(14-9-6-10-15-29)32-28(38)33-16-18-40-19-17-33/h5,7-8,11-12,22-23H,3-4,6,9-10,13-20H2,1-2H3,(H,30,35)(H,31,37)(H,32,38)/t22-,23-/m0/s1. The summed E-state index contributed by atoms with van der Waals surface area (Å²) in [4.78, 5) is 67.2. The molecule has 1 aromatic carbocycles. The fourth-order valence-corrected chi connectivity index (χ4v) is 5.16. The molecule has 2 aliphatic rings. The van der Waals surface area contributed by atoms with Crippen LogP contribution in [0, 0.1) is 0 Å². The molecule has 4 amide bonds. The highest BCUT2D eigenvalue weighted by atomic mass is 16.5. The van der Waals surface area contributed by atoms with E-state index >= 15 is 0 Å². The van der Waals surface area contributed by atoms with Crippen molar-refractivity contribution in [1.82, 2.24) is 20.9 Å². The van der Waals surface area contributed by atoms with Crippen LogP contribution in [0.4, 0.5) is 4.79 Å². The van der Waals surface area contributed by atoms with E-state index in [0.717, 1.165) is 31.2 Å². The number of unbranched alkanes of at least 4 members (excludes halogenated alkanes) is 1. The Morgan fingerprint density at radius 3 is 2.27 bits per heavy atom. The minimum atomic E-state index is -1.17. The van der Waals surface area contributed by atoms with Crippen LogP contribution in [0.1, 0.15) is 63.9 Å². The van der Waals surface area contributed by atoms with Crippen molar-refractivity contribution >= 4 is 29.6 Å². The van der Waals surface area contributed by atoms with E-state index in [2.05, 4.69) is 16.0 Å². The largest absolute Gasteiger partial charge is 0.467 e. The van der Waals surface area contributed by atoms with Gasteiger partial charge < -0.3 is 30.3 Å². The van der Waals surface area contributed by atoms with Gasteiger partial charge in [-0.2, -0.15) is 0 Å². The third kappa shape index (κ3) is 8.51. The van der Waals surface area contributed by atoms with E-state index in [1.54, 1.807) is 4.90 Å². The number of morpholine rings is 1. The van der Waals surface area contributed by atoms with Crippen molar-refractivity contribution in [3.8, 4) is 0 Å². The quantitative estimate of drug-likeness (QED) is 0.263. The number of carbonyl (C=O) groups excluding carboxylic acids is 5. The van der Waals surface area contributed by atoms with E-state index in [-0.39, 0.29) is 18.9 Å². The number of hydrogen-bond acceptors (Lipinski definition) is 7. The second kappa shape index (κ2) is 15.4. The maximum absolute atomic E-state index is 13.7. The number of amides is 4. The Labute approximate surface area is 235 Å². The van der Waals surface area contributed by atoms with Gasteiger partial charge in [0.15, 0.2) is 0 Å². The van der Waals surface area contributed by atoms with Crippen LogP contribution >= 0.6 is 0 Å². The van der Waals surface area contributed by atoms with E-state index in [9.17, 15) is 24.0 Å². The molecule has 1 aliphatic carbocycles. The van der Waals surface area contributed by atoms with E-state index in [1.807, 2.05) is 37.3 Å². The average Bonchev–Trinajstić information content (AvgIpc) is 2.99. The summed E-state index contributed by atoms with van der Waals surface area (Å²) in [6.45, 7) is 3.69. The number of ether oxygens (including phenoxy) is 2. The van der Waals surface area contributed by atoms with E-state index in [0.29, 0.717) is 45.6 Å². The van der Waals surface area contributed by atoms with Gasteiger partial charge in [-0.15, -0.1) is 0 Å². The molecule has 11 nitrogen and oxygen atoms in total. The molecule has 11 heteroatoms. The van der Waals surface area contributed by atoms with Gasteiger partial charge in [-0.25, -0.2) is 9.59 Å². The van der Waals surface area contributed by atoms with Crippen LogP contribution in [0.3, 0.4) is 0 Å². The highest BCUT2D eigenvalue weighted by molar-refractivity contribution is 6.38. The topological polar surface area (TPSA) is 143 Å². The maximum Gasteiger partial charge on any atom is 0.328 e. The third-order valence-corrected chi connectivity index (χ3v) is 7.55. The van der Waals surface area contributed by atoms with Gasteiger partial charge in [-0.05, 0) is 24.8 Å². The van der Waals surface area contributed by atoms with E-state index in [4.69, 9.17) is 9.47 Å². The first-order valence-electron chi connectivity index (χ1n) is 14.2. The number of ketones is 1. The van der Waals surface area contributed by atoms with Gasteiger partial charge in [0.2, 0.25) is 11.7 Å². The van der Waals surface area contributed by atoms with Crippen LogP contribution in [-0.2, 0) is 35.1 Å². The Bertz CT molecular complexity index is 1020. The second-order valence-electron chi connectivity index (χ2n) is 10.4. The molecule has 1 aliphatic heterocycles. The SMILES string of the molecule is CCCC[C@H](NC(=O)C1(NC(=O)N2CCOCC2)CCCCC1)C(=O)C(=O)N[C@@H](Cc1ccccc1)C(=O)OC. The molecule has 40 heavy (non-hydrogen) atoms. The predicted octanol–water partition coefficient (Wildman–Crippen LogP) is 1.88. The van der Waals surface area contributed by atoms with Gasteiger partial charge in [0.25, 0.3) is 5.91 Å². The van der Waals surface area contributed by atoms with Crippen LogP contribution < -0.4 is 16.0 Å². The molecular weight excluding hydrogens is 516 g/mol. The van der Waals surface area contributed by atoms with Crippen LogP contribution in [0.2, 0.25) is 0 Å². The zero-order valence-corrected chi connectivity index (χ0v) is 23.5. The van der Waals surface area contributed by atoms with Gasteiger partial charge in [0.1, 0.15) is 11.6 Å². The van der Waals surface area contributed by atoms with Crippen molar-refractivity contribution in [1.29, 1.82) is 0 Å². The van der Waals surface area contributed by atoms with Crippen LogP contribution in [0.25, 0.3) is 0 Å². The Morgan fingerprint density at radius 2 is 1.65 bits per heavy atom. The van der Waals surface area contributed by atoms with Crippen LogP contribution in [0.15, 0.2) is 30.3 Å². The smallest absolute Gasteiger partial charge is 0.328 e. The predicted molar refractivity (Wildman–Crippen MR) is 147 cm³/mol. The molecular formula is C29H42N4O7. The summed E-state index contributed by atoms with van der Waals surface area (Å²) in [5, 5.41) is 8.26. The first-order valence-corrected chi connectivity index (χ1v) is 14.2. The number of nitrogens with zero attached hydrogens (tertiary/aromatic N) is 1. The molecule has 1 aromatic rings. The number of rotatable bonds is 12. The summed E-state index contributed by atoms with van der Waals surface area (Å²) < 4.78 is 10.2.